The molecule has 1 aromatic rings. The highest BCUT2D eigenvalue weighted by atomic mass is 35.5. The van der Waals surface area contributed by atoms with Crippen molar-refractivity contribution < 1.29 is 14.3 Å². The number of unbranched alkanes of at least 4 members (excludes halogenated alkanes) is 2. The number of hydrogen-bond donors (Lipinski definition) is 0. The number of esters is 1. The van der Waals surface area contributed by atoms with E-state index < -0.39 is 0 Å². The predicted octanol–water partition coefficient (Wildman–Crippen LogP) is 4.28. The summed E-state index contributed by atoms with van der Waals surface area (Å²) in [7, 11) is 3.88. The second-order valence-corrected chi connectivity index (χ2v) is 8.75. The van der Waals surface area contributed by atoms with Crippen molar-refractivity contribution in [2.75, 3.05) is 33.8 Å². The maximum absolute atomic E-state index is 12.6. The molecule has 1 saturated heterocycles. The summed E-state index contributed by atoms with van der Waals surface area (Å²) >= 11 is 6.72. The van der Waals surface area contributed by atoms with Crippen molar-refractivity contribution in [2.24, 2.45) is 0 Å². The average molecular weight is 457 g/mol. The Labute approximate surface area is 189 Å². The van der Waals surface area contributed by atoms with E-state index in [4.69, 9.17) is 17.0 Å². The summed E-state index contributed by atoms with van der Waals surface area (Å²) in [6.45, 7) is 3.78. The Kier molecular flexibility index (Phi) is 11.5. The van der Waals surface area contributed by atoms with E-state index in [1.165, 1.54) is 17.3 Å². The molecule has 0 N–H and O–H groups in total. The number of hydrogen-bond acceptors (Lipinski definition) is 6. The molecule has 0 spiro atoms. The van der Waals surface area contributed by atoms with Crippen LogP contribution in [-0.2, 0) is 14.3 Å². The monoisotopic (exact) mass is 456 g/mol. The number of amides is 1. The molecule has 8 heteroatoms. The molecule has 0 aromatic heterocycles. The van der Waals surface area contributed by atoms with Crippen molar-refractivity contribution in [3.63, 3.8) is 0 Å². The van der Waals surface area contributed by atoms with Crippen molar-refractivity contribution in [2.45, 2.75) is 32.6 Å². The number of thiocarbonyl (C=S) groups is 1. The molecule has 29 heavy (non-hydrogen) atoms. The van der Waals surface area contributed by atoms with Crippen LogP contribution in [0.3, 0.4) is 0 Å². The molecular weight excluding hydrogens is 428 g/mol. The first-order chi connectivity index (χ1) is 13.4. The molecule has 160 valence electrons. The lowest BCUT2D eigenvalue weighted by molar-refractivity contribution is -0.144. The Bertz CT molecular complexity index is 736. The Morgan fingerprint density at radius 3 is 2.55 bits per heavy atom. The first kappa shape index (κ1) is 25.6. The molecule has 2 rings (SSSR count). The van der Waals surface area contributed by atoms with Crippen LogP contribution in [0, 0.1) is 6.92 Å². The van der Waals surface area contributed by atoms with Gasteiger partial charge in [0.25, 0.3) is 5.91 Å². The summed E-state index contributed by atoms with van der Waals surface area (Å²) in [6, 6.07) is 8.05. The Morgan fingerprint density at radius 2 is 1.90 bits per heavy atom. The molecule has 0 aliphatic carbocycles. The molecule has 0 unspecified atom stereocenters. The zero-order valence-corrected chi connectivity index (χ0v) is 19.6. The lowest BCUT2D eigenvalue weighted by Crippen LogP contribution is -2.29. The molecular formula is C21H29ClN2O3S2. The fraction of sp³-hybridized carbons (Fsp3) is 0.476. The maximum Gasteiger partial charge on any atom is 0.305 e. The van der Waals surface area contributed by atoms with Gasteiger partial charge in [-0.1, -0.05) is 60.2 Å². The molecule has 1 amide bonds. The first-order valence-electron chi connectivity index (χ1n) is 9.49. The van der Waals surface area contributed by atoms with Gasteiger partial charge < -0.3 is 9.64 Å². The topological polar surface area (TPSA) is 49.9 Å². The van der Waals surface area contributed by atoms with E-state index in [9.17, 15) is 9.59 Å². The number of nitrogens with zero attached hydrogens (tertiary/aromatic N) is 2. The summed E-state index contributed by atoms with van der Waals surface area (Å²) < 4.78 is 5.77. The number of aryl methyl sites for hydroxylation is 1. The van der Waals surface area contributed by atoms with Gasteiger partial charge in [-0.15, -0.1) is 12.4 Å². The van der Waals surface area contributed by atoms with Crippen LogP contribution in [0.15, 0.2) is 29.2 Å². The molecule has 0 saturated carbocycles. The predicted molar refractivity (Wildman–Crippen MR) is 126 cm³/mol. The van der Waals surface area contributed by atoms with Gasteiger partial charge in [-0.05, 0) is 45.5 Å². The minimum absolute atomic E-state index is 0. The van der Waals surface area contributed by atoms with Crippen molar-refractivity contribution >= 4 is 58.7 Å². The zero-order valence-electron chi connectivity index (χ0n) is 17.2. The Balaban J connectivity index is 0.00000420. The van der Waals surface area contributed by atoms with Crippen molar-refractivity contribution in [1.29, 1.82) is 0 Å². The first-order valence-corrected chi connectivity index (χ1v) is 10.7. The number of benzene rings is 1. The van der Waals surface area contributed by atoms with Gasteiger partial charge in [0.15, 0.2) is 0 Å². The van der Waals surface area contributed by atoms with Crippen molar-refractivity contribution in [1.82, 2.24) is 9.80 Å². The second kappa shape index (κ2) is 13.0. The van der Waals surface area contributed by atoms with Crippen LogP contribution in [0.4, 0.5) is 0 Å². The minimum atomic E-state index is -0.159. The van der Waals surface area contributed by atoms with E-state index in [-0.39, 0.29) is 24.3 Å². The lowest BCUT2D eigenvalue weighted by Gasteiger charge is -2.14. The highest BCUT2D eigenvalue weighted by Gasteiger charge is 2.31. The van der Waals surface area contributed by atoms with Gasteiger partial charge in [0.2, 0.25) is 0 Å². The fourth-order valence-corrected chi connectivity index (χ4v) is 3.95. The van der Waals surface area contributed by atoms with Crippen LogP contribution in [-0.4, -0.2) is 59.8 Å². The van der Waals surface area contributed by atoms with Crippen molar-refractivity contribution in [3.05, 3.63) is 40.3 Å². The molecule has 0 radical (unpaired) electrons. The molecule has 1 aliphatic heterocycles. The normalized spacial score (nSPS) is 15.2. The van der Waals surface area contributed by atoms with Gasteiger partial charge in [-0.2, -0.15) is 0 Å². The lowest BCUT2D eigenvalue weighted by atomic mass is 10.1. The third-order valence-electron chi connectivity index (χ3n) is 4.31. The van der Waals surface area contributed by atoms with E-state index in [1.54, 1.807) is 4.90 Å². The highest BCUT2D eigenvalue weighted by Crippen LogP contribution is 2.32. The third kappa shape index (κ3) is 8.86. The van der Waals surface area contributed by atoms with E-state index in [0.29, 0.717) is 28.8 Å². The highest BCUT2D eigenvalue weighted by molar-refractivity contribution is 8.26. The van der Waals surface area contributed by atoms with E-state index in [0.717, 1.165) is 31.4 Å². The van der Waals surface area contributed by atoms with Gasteiger partial charge in [-0.3, -0.25) is 14.5 Å². The molecule has 0 bridgehead atoms. The quantitative estimate of drug-likeness (QED) is 0.226. The summed E-state index contributed by atoms with van der Waals surface area (Å²) in [5.41, 5.74) is 2.19. The Morgan fingerprint density at radius 1 is 1.21 bits per heavy atom. The molecule has 1 fully saturated rings. The van der Waals surface area contributed by atoms with Gasteiger partial charge in [-0.25, -0.2) is 0 Å². The number of ether oxygens (including phenoxy) is 1. The fourth-order valence-electron chi connectivity index (χ4n) is 2.64. The summed E-state index contributed by atoms with van der Waals surface area (Å²) in [5.74, 6) is -0.188. The molecule has 0 atom stereocenters. The van der Waals surface area contributed by atoms with E-state index in [2.05, 4.69) is 0 Å². The zero-order chi connectivity index (χ0) is 20.5. The SMILES string of the molecule is Cc1ccc(/C=C2\SC(=S)N(CCCCCC(=O)OCCN(C)C)C2=O)cc1.Cl. The van der Waals surface area contributed by atoms with Crippen LogP contribution < -0.4 is 0 Å². The maximum atomic E-state index is 12.6. The molecule has 5 nitrogen and oxygen atoms in total. The minimum Gasteiger partial charge on any atom is -0.464 e. The molecule has 1 aliphatic rings. The number of halogens is 1. The number of carbonyl (C=O) groups is 2. The van der Waals surface area contributed by atoms with Crippen molar-refractivity contribution in [3.8, 4) is 0 Å². The largest absolute Gasteiger partial charge is 0.464 e. The van der Waals surface area contributed by atoms with E-state index >= 15 is 0 Å². The van der Waals surface area contributed by atoms with Gasteiger partial charge in [0.1, 0.15) is 10.9 Å². The second-order valence-electron chi connectivity index (χ2n) is 7.08. The average Bonchev–Trinajstić information content (AvgIpc) is 2.90. The van der Waals surface area contributed by atoms with Crippen LogP contribution in [0.5, 0.6) is 0 Å². The smallest absolute Gasteiger partial charge is 0.305 e. The number of thioether (sulfide) groups is 1. The van der Waals surface area contributed by atoms with Gasteiger partial charge in [0.05, 0.1) is 4.91 Å². The van der Waals surface area contributed by atoms with Gasteiger partial charge in [0, 0.05) is 19.5 Å². The van der Waals surface area contributed by atoms with Crippen LogP contribution in [0.25, 0.3) is 6.08 Å². The number of likely N-dealkylation sites (N-methyl/N-ethyl adjacent to an activating group) is 1. The van der Waals surface area contributed by atoms with E-state index in [1.807, 2.05) is 56.3 Å². The molecule has 1 heterocycles. The number of rotatable bonds is 10. The van der Waals surface area contributed by atoms with Gasteiger partial charge >= 0.3 is 5.97 Å². The number of carbonyl (C=O) groups excluding carboxylic acids is 2. The summed E-state index contributed by atoms with van der Waals surface area (Å²) in [4.78, 5) is 28.6. The third-order valence-corrected chi connectivity index (χ3v) is 5.69. The standard InChI is InChI=1S/C21H28N2O3S2.ClH/c1-16-8-10-17(11-9-16)15-18-20(25)23(21(27)28-18)12-6-4-5-7-19(24)26-14-13-22(2)3;/h8-11,15H,4-7,12-14H2,1-3H3;1H/b18-15-;. The molecule has 1 aromatic carbocycles. The summed E-state index contributed by atoms with van der Waals surface area (Å²) in [5, 5.41) is 0. The van der Waals surface area contributed by atoms with Crippen LogP contribution in [0.1, 0.15) is 36.8 Å². The summed E-state index contributed by atoms with van der Waals surface area (Å²) in [6.07, 6.45) is 4.74. The Hall–Kier alpha value is -1.41. The van der Waals surface area contributed by atoms with Crippen LogP contribution >= 0.6 is 36.4 Å². The van der Waals surface area contributed by atoms with Crippen LogP contribution in [0.2, 0.25) is 0 Å².